The topological polar surface area (TPSA) is 46.5 Å². The van der Waals surface area contributed by atoms with E-state index in [1.807, 2.05) is 12.1 Å². The first-order valence-corrected chi connectivity index (χ1v) is 6.91. The Balaban J connectivity index is 2.31. The molecule has 3 nitrogen and oxygen atoms in total. The molecule has 0 saturated carbocycles. The van der Waals surface area contributed by atoms with E-state index in [-0.39, 0.29) is 0 Å². The van der Waals surface area contributed by atoms with Crippen LogP contribution in [0.1, 0.15) is 45.6 Å². The predicted molar refractivity (Wildman–Crippen MR) is 76.6 cm³/mol. The molecule has 0 aliphatic carbocycles. The predicted octanol–water partition coefficient (Wildman–Crippen LogP) is 3.91. The average molecular weight is 264 g/mol. The van der Waals surface area contributed by atoms with Gasteiger partial charge in [-0.05, 0) is 50.8 Å². The van der Waals surface area contributed by atoms with Crippen molar-refractivity contribution in [2.45, 2.75) is 46.5 Å². The molecule has 0 bridgehead atoms. The lowest BCUT2D eigenvalue weighted by Gasteiger charge is -2.18. The summed E-state index contributed by atoms with van der Waals surface area (Å²) in [5.74, 6) is 0.101. The highest BCUT2D eigenvalue weighted by Gasteiger charge is 2.26. The van der Waals surface area contributed by atoms with Crippen molar-refractivity contribution < 1.29 is 14.6 Å². The molecule has 0 amide bonds. The number of aryl methyl sites for hydroxylation is 1. The quantitative estimate of drug-likeness (QED) is 0.724. The summed E-state index contributed by atoms with van der Waals surface area (Å²) in [6.07, 6.45) is 3.60. The first-order valence-electron chi connectivity index (χ1n) is 6.91. The van der Waals surface area contributed by atoms with Crippen LogP contribution in [0.3, 0.4) is 0 Å². The monoisotopic (exact) mass is 264 g/mol. The SMILES string of the molecule is CCCc1ccc(OCCCC(C)(C)C(=O)O)cc1. The number of hydrogen-bond donors (Lipinski definition) is 1. The van der Waals surface area contributed by atoms with E-state index in [0.717, 1.165) is 25.0 Å². The lowest BCUT2D eigenvalue weighted by atomic mass is 9.88. The van der Waals surface area contributed by atoms with Crippen LogP contribution in [0.25, 0.3) is 0 Å². The summed E-state index contributed by atoms with van der Waals surface area (Å²) in [5, 5.41) is 9.00. The number of hydrogen-bond acceptors (Lipinski definition) is 2. The minimum absolute atomic E-state index is 0.559. The third-order valence-corrected chi connectivity index (χ3v) is 3.26. The fourth-order valence-corrected chi connectivity index (χ4v) is 1.85. The van der Waals surface area contributed by atoms with Gasteiger partial charge in [0.1, 0.15) is 5.75 Å². The summed E-state index contributed by atoms with van der Waals surface area (Å²) < 4.78 is 5.62. The van der Waals surface area contributed by atoms with Crippen molar-refractivity contribution in [3.63, 3.8) is 0 Å². The van der Waals surface area contributed by atoms with Gasteiger partial charge in [-0.3, -0.25) is 4.79 Å². The van der Waals surface area contributed by atoms with Gasteiger partial charge in [0.2, 0.25) is 0 Å². The second-order valence-electron chi connectivity index (χ2n) is 5.54. The number of rotatable bonds is 8. The summed E-state index contributed by atoms with van der Waals surface area (Å²) in [6.45, 7) is 6.21. The Morgan fingerprint density at radius 1 is 1.26 bits per heavy atom. The fraction of sp³-hybridized carbons (Fsp3) is 0.562. The molecule has 0 spiro atoms. The van der Waals surface area contributed by atoms with Crippen LogP contribution in [0.4, 0.5) is 0 Å². The summed E-state index contributed by atoms with van der Waals surface area (Å²) in [7, 11) is 0. The van der Waals surface area contributed by atoms with Crippen molar-refractivity contribution in [1.29, 1.82) is 0 Å². The number of carboxylic acids is 1. The number of aliphatic carboxylic acids is 1. The molecule has 3 heteroatoms. The maximum atomic E-state index is 10.9. The van der Waals surface area contributed by atoms with Crippen molar-refractivity contribution in [1.82, 2.24) is 0 Å². The van der Waals surface area contributed by atoms with Gasteiger partial charge >= 0.3 is 5.97 Å². The summed E-state index contributed by atoms with van der Waals surface area (Å²) in [5.41, 5.74) is 0.649. The zero-order valence-electron chi connectivity index (χ0n) is 12.1. The van der Waals surface area contributed by atoms with Crippen LogP contribution in [0, 0.1) is 5.41 Å². The zero-order chi connectivity index (χ0) is 14.3. The van der Waals surface area contributed by atoms with Crippen LogP contribution < -0.4 is 4.74 Å². The minimum atomic E-state index is -0.753. The maximum absolute atomic E-state index is 10.9. The molecule has 0 aliphatic heterocycles. The van der Waals surface area contributed by atoms with E-state index in [4.69, 9.17) is 9.84 Å². The number of carboxylic acid groups (broad SMARTS) is 1. The Morgan fingerprint density at radius 2 is 1.89 bits per heavy atom. The van der Waals surface area contributed by atoms with Crippen LogP contribution in [0.2, 0.25) is 0 Å². The van der Waals surface area contributed by atoms with Gasteiger partial charge in [0.05, 0.1) is 12.0 Å². The first kappa shape index (κ1) is 15.5. The molecule has 0 heterocycles. The van der Waals surface area contributed by atoms with Crippen molar-refractivity contribution in [2.75, 3.05) is 6.61 Å². The Labute approximate surface area is 115 Å². The van der Waals surface area contributed by atoms with Crippen molar-refractivity contribution in [3.8, 4) is 5.75 Å². The van der Waals surface area contributed by atoms with Gasteiger partial charge in [0, 0.05) is 0 Å². The van der Waals surface area contributed by atoms with Crippen molar-refractivity contribution in [3.05, 3.63) is 29.8 Å². The molecular weight excluding hydrogens is 240 g/mol. The molecule has 0 unspecified atom stereocenters. The minimum Gasteiger partial charge on any atom is -0.494 e. The summed E-state index contributed by atoms with van der Waals surface area (Å²) in [4.78, 5) is 10.9. The standard InChI is InChI=1S/C16H24O3/c1-4-6-13-7-9-14(10-8-13)19-12-5-11-16(2,3)15(17)18/h7-10H,4-6,11-12H2,1-3H3,(H,17,18). The van der Waals surface area contributed by atoms with E-state index in [9.17, 15) is 4.79 Å². The molecule has 0 aliphatic rings. The van der Waals surface area contributed by atoms with E-state index in [1.54, 1.807) is 13.8 Å². The molecule has 0 saturated heterocycles. The van der Waals surface area contributed by atoms with Gasteiger partial charge in [-0.1, -0.05) is 25.5 Å². The van der Waals surface area contributed by atoms with Gasteiger partial charge in [0.15, 0.2) is 0 Å². The second kappa shape index (κ2) is 7.17. The van der Waals surface area contributed by atoms with Crippen molar-refractivity contribution in [2.24, 2.45) is 5.41 Å². The Morgan fingerprint density at radius 3 is 2.42 bits per heavy atom. The third kappa shape index (κ3) is 5.33. The van der Waals surface area contributed by atoms with Crippen LogP contribution in [0.15, 0.2) is 24.3 Å². The molecule has 1 rings (SSSR count). The fourth-order valence-electron chi connectivity index (χ4n) is 1.85. The van der Waals surface area contributed by atoms with Gasteiger partial charge in [-0.2, -0.15) is 0 Å². The molecule has 0 aromatic heterocycles. The molecule has 0 radical (unpaired) electrons. The van der Waals surface area contributed by atoms with Crippen LogP contribution in [-0.4, -0.2) is 17.7 Å². The summed E-state index contributed by atoms with van der Waals surface area (Å²) in [6, 6.07) is 8.13. The Kier molecular flexibility index (Phi) is 5.87. The number of ether oxygens (including phenoxy) is 1. The highest BCUT2D eigenvalue weighted by Crippen LogP contribution is 2.22. The molecular formula is C16H24O3. The van der Waals surface area contributed by atoms with E-state index in [1.165, 1.54) is 5.56 Å². The number of carbonyl (C=O) groups is 1. The van der Waals surface area contributed by atoms with Gasteiger partial charge in [0.25, 0.3) is 0 Å². The molecule has 0 fully saturated rings. The molecule has 1 aromatic carbocycles. The summed E-state index contributed by atoms with van der Waals surface area (Å²) >= 11 is 0. The van der Waals surface area contributed by atoms with E-state index < -0.39 is 11.4 Å². The van der Waals surface area contributed by atoms with E-state index in [0.29, 0.717) is 13.0 Å². The van der Waals surface area contributed by atoms with E-state index >= 15 is 0 Å². The van der Waals surface area contributed by atoms with Crippen LogP contribution in [0.5, 0.6) is 5.75 Å². The molecule has 0 atom stereocenters. The van der Waals surface area contributed by atoms with Gasteiger partial charge in [-0.25, -0.2) is 0 Å². The first-order chi connectivity index (χ1) is 8.95. The molecule has 106 valence electrons. The lowest BCUT2D eigenvalue weighted by molar-refractivity contribution is -0.147. The molecule has 1 N–H and O–H groups in total. The Hall–Kier alpha value is -1.51. The van der Waals surface area contributed by atoms with Crippen LogP contribution in [-0.2, 0) is 11.2 Å². The Bertz CT molecular complexity index is 393. The normalized spacial score (nSPS) is 11.3. The van der Waals surface area contributed by atoms with Gasteiger partial charge < -0.3 is 9.84 Å². The van der Waals surface area contributed by atoms with Crippen LogP contribution >= 0.6 is 0 Å². The van der Waals surface area contributed by atoms with Gasteiger partial charge in [-0.15, -0.1) is 0 Å². The largest absolute Gasteiger partial charge is 0.494 e. The third-order valence-electron chi connectivity index (χ3n) is 3.26. The molecule has 19 heavy (non-hydrogen) atoms. The van der Waals surface area contributed by atoms with Crippen molar-refractivity contribution >= 4 is 5.97 Å². The maximum Gasteiger partial charge on any atom is 0.309 e. The highest BCUT2D eigenvalue weighted by atomic mass is 16.5. The van der Waals surface area contributed by atoms with E-state index in [2.05, 4.69) is 19.1 Å². The lowest BCUT2D eigenvalue weighted by Crippen LogP contribution is -2.24. The molecule has 1 aromatic rings. The number of benzene rings is 1. The average Bonchev–Trinajstić information content (AvgIpc) is 2.37. The second-order valence-corrected chi connectivity index (χ2v) is 5.54. The smallest absolute Gasteiger partial charge is 0.309 e. The highest BCUT2D eigenvalue weighted by molar-refractivity contribution is 5.73. The zero-order valence-corrected chi connectivity index (χ0v) is 12.1.